The molecule has 1 rings (SSSR count). The molecule has 0 radical (unpaired) electrons. The zero-order valence-corrected chi connectivity index (χ0v) is 12.4. The molecule has 118 valence electrons. The van der Waals surface area contributed by atoms with Crippen LogP contribution in [0.4, 0.5) is 5.69 Å². The molecule has 0 heterocycles. The molecule has 1 aromatic carbocycles. The number of nitrogens with two attached hydrogens (primary N) is 1. The third-order valence-corrected chi connectivity index (χ3v) is 4.80. The van der Waals surface area contributed by atoms with Crippen molar-refractivity contribution in [1.29, 1.82) is 0 Å². The van der Waals surface area contributed by atoms with Crippen molar-refractivity contribution in [2.24, 2.45) is 5.73 Å². The second-order valence-electron chi connectivity index (χ2n) is 3.99. The zero-order chi connectivity index (χ0) is 16.2. The van der Waals surface area contributed by atoms with E-state index in [0.717, 1.165) is 12.1 Å². The van der Waals surface area contributed by atoms with Crippen molar-refractivity contribution in [3.63, 3.8) is 0 Å². The van der Waals surface area contributed by atoms with Gasteiger partial charge in [-0.2, -0.15) is 0 Å². The minimum Gasteiger partial charge on any atom is -0.504 e. The first-order valence-corrected chi connectivity index (χ1v) is 7.72. The van der Waals surface area contributed by atoms with Crippen molar-refractivity contribution in [1.82, 2.24) is 0 Å². The van der Waals surface area contributed by atoms with Gasteiger partial charge in [0, 0.05) is 6.07 Å². The number of phenols is 2. The first kappa shape index (κ1) is 17.4. The predicted molar refractivity (Wildman–Crippen MR) is 74.2 cm³/mol. The highest BCUT2D eigenvalue weighted by Crippen LogP contribution is 2.59. The number of phenolic OH excluding ortho intramolecular Hbond substituents is 2. The van der Waals surface area contributed by atoms with Crippen LogP contribution in [-0.2, 0) is 13.6 Å². The molecule has 0 fully saturated rings. The van der Waals surface area contributed by atoms with Gasteiger partial charge in [-0.05, 0) is 25.5 Å². The number of nitrogens with zero attached hydrogens (tertiary/aromatic N) is 1. The molecule has 21 heavy (non-hydrogen) atoms. The average Bonchev–Trinajstić information content (AvgIpc) is 2.41. The Hall–Kier alpha value is -1.67. The fourth-order valence-corrected chi connectivity index (χ4v) is 3.31. The average molecular weight is 320 g/mol. The number of hydrogen-bond donors (Lipinski definition) is 3. The van der Waals surface area contributed by atoms with Crippen LogP contribution in [0.3, 0.4) is 0 Å². The van der Waals surface area contributed by atoms with E-state index in [0.29, 0.717) is 0 Å². The molecule has 0 aliphatic carbocycles. The summed E-state index contributed by atoms with van der Waals surface area (Å²) in [4.78, 5) is 9.92. The number of hydrogen-bond acceptors (Lipinski definition) is 8. The lowest BCUT2D eigenvalue weighted by atomic mass is 10.1. The van der Waals surface area contributed by atoms with Crippen LogP contribution in [0.15, 0.2) is 12.1 Å². The minimum atomic E-state index is -3.75. The first-order chi connectivity index (χ1) is 9.76. The predicted octanol–water partition coefficient (Wildman–Crippen LogP) is 2.23. The Bertz CT molecular complexity index is 568. The molecule has 1 aromatic rings. The van der Waals surface area contributed by atoms with Gasteiger partial charge in [0.1, 0.15) is 5.78 Å². The fourth-order valence-electron chi connectivity index (χ4n) is 1.68. The van der Waals surface area contributed by atoms with Crippen LogP contribution >= 0.6 is 7.60 Å². The van der Waals surface area contributed by atoms with Crippen LogP contribution in [-0.4, -0.2) is 28.4 Å². The standard InChI is InChI=1S/C11H17N2O7P/c1-3-19-21(18,20-4-2)11(12)7-5-8(13(16)17)10(15)9(14)6-7/h5-6,11,14-15H,3-4,12H2,1-2H3/t11-/m1/s1. The largest absolute Gasteiger partial charge is 0.504 e. The Balaban J connectivity index is 3.31. The molecule has 0 bridgehead atoms. The van der Waals surface area contributed by atoms with Crippen molar-refractivity contribution in [2.75, 3.05) is 13.2 Å². The van der Waals surface area contributed by atoms with Gasteiger partial charge in [-0.25, -0.2) is 0 Å². The Morgan fingerprint density at radius 1 is 1.33 bits per heavy atom. The zero-order valence-electron chi connectivity index (χ0n) is 11.6. The summed E-state index contributed by atoms with van der Waals surface area (Å²) < 4.78 is 22.6. The molecule has 0 unspecified atom stereocenters. The van der Waals surface area contributed by atoms with Gasteiger partial charge in [0.2, 0.25) is 5.75 Å². The van der Waals surface area contributed by atoms with Gasteiger partial charge in [0.05, 0.1) is 18.1 Å². The Kier molecular flexibility index (Phi) is 5.68. The third kappa shape index (κ3) is 3.70. The third-order valence-electron chi connectivity index (χ3n) is 2.59. The number of rotatable bonds is 7. The second kappa shape index (κ2) is 6.86. The van der Waals surface area contributed by atoms with E-state index < -0.39 is 35.5 Å². The summed E-state index contributed by atoms with van der Waals surface area (Å²) in [5.74, 6) is -2.96. The quantitative estimate of drug-likeness (QED) is 0.300. The smallest absolute Gasteiger partial charge is 0.351 e. The molecule has 1 atom stereocenters. The van der Waals surface area contributed by atoms with E-state index in [1.54, 1.807) is 13.8 Å². The van der Waals surface area contributed by atoms with Crippen LogP contribution < -0.4 is 5.73 Å². The summed E-state index contributed by atoms with van der Waals surface area (Å²) in [5, 5.41) is 29.8. The summed E-state index contributed by atoms with van der Waals surface area (Å²) in [6.07, 6.45) is 0. The summed E-state index contributed by atoms with van der Waals surface area (Å²) in [6, 6.07) is 1.90. The molecule has 10 heteroatoms. The highest BCUT2D eigenvalue weighted by atomic mass is 31.2. The maximum Gasteiger partial charge on any atom is 0.351 e. The van der Waals surface area contributed by atoms with E-state index in [4.69, 9.17) is 14.8 Å². The van der Waals surface area contributed by atoms with Crippen LogP contribution in [0, 0.1) is 10.1 Å². The number of nitro benzene ring substituents is 1. The number of nitro groups is 1. The maximum atomic E-state index is 12.5. The Morgan fingerprint density at radius 2 is 1.86 bits per heavy atom. The summed E-state index contributed by atoms with van der Waals surface area (Å²) >= 11 is 0. The van der Waals surface area contributed by atoms with Crippen LogP contribution in [0.1, 0.15) is 25.2 Å². The molecule has 0 spiro atoms. The molecule has 9 nitrogen and oxygen atoms in total. The van der Waals surface area contributed by atoms with Gasteiger partial charge in [-0.15, -0.1) is 0 Å². The van der Waals surface area contributed by atoms with Gasteiger partial charge in [-0.1, -0.05) is 0 Å². The Morgan fingerprint density at radius 3 is 2.29 bits per heavy atom. The highest BCUT2D eigenvalue weighted by Gasteiger charge is 2.36. The number of aromatic hydroxyl groups is 2. The lowest BCUT2D eigenvalue weighted by molar-refractivity contribution is -0.386. The second-order valence-corrected chi connectivity index (χ2v) is 6.14. The lowest BCUT2D eigenvalue weighted by Crippen LogP contribution is -2.15. The van der Waals surface area contributed by atoms with Crippen molar-refractivity contribution in [3.05, 3.63) is 27.8 Å². The number of benzene rings is 1. The molecule has 0 amide bonds. The van der Waals surface area contributed by atoms with E-state index in [1.807, 2.05) is 0 Å². The molecule has 0 saturated heterocycles. The SMILES string of the molecule is CCOP(=O)(OCC)[C@@H](N)c1cc(O)c(O)c([N+](=O)[O-])c1. The molecule has 0 aliphatic rings. The van der Waals surface area contributed by atoms with Crippen LogP contribution in [0.2, 0.25) is 0 Å². The van der Waals surface area contributed by atoms with Gasteiger partial charge in [0.25, 0.3) is 0 Å². The topological polar surface area (TPSA) is 145 Å². The van der Waals surface area contributed by atoms with Crippen LogP contribution in [0.5, 0.6) is 11.5 Å². The van der Waals surface area contributed by atoms with Gasteiger partial charge >= 0.3 is 13.3 Å². The lowest BCUT2D eigenvalue weighted by Gasteiger charge is -2.23. The fraction of sp³-hybridized carbons (Fsp3) is 0.455. The highest BCUT2D eigenvalue weighted by molar-refractivity contribution is 7.54. The summed E-state index contributed by atoms with van der Waals surface area (Å²) in [5.41, 5.74) is 5.02. The van der Waals surface area contributed by atoms with E-state index in [9.17, 15) is 24.9 Å². The molecular weight excluding hydrogens is 303 g/mol. The van der Waals surface area contributed by atoms with Crippen LogP contribution in [0.25, 0.3) is 0 Å². The summed E-state index contributed by atoms with van der Waals surface area (Å²) in [6.45, 7) is 3.32. The molecule has 0 saturated carbocycles. The molecule has 0 aromatic heterocycles. The van der Waals surface area contributed by atoms with Gasteiger partial charge < -0.3 is 25.0 Å². The molecule has 0 aliphatic heterocycles. The molecular formula is C11H17N2O7P. The minimum absolute atomic E-state index is 0.0396. The van der Waals surface area contributed by atoms with Crippen molar-refractivity contribution >= 4 is 13.3 Å². The monoisotopic (exact) mass is 320 g/mol. The first-order valence-electron chi connectivity index (χ1n) is 6.11. The molecule has 4 N–H and O–H groups in total. The van der Waals surface area contributed by atoms with E-state index in [1.165, 1.54) is 0 Å². The van der Waals surface area contributed by atoms with E-state index >= 15 is 0 Å². The van der Waals surface area contributed by atoms with E-state index in [-0.39, 0.29) is 18.8 Å². The van der Waals surface area contributed by atoms with Crippen molar-refractivity contribution in [2.45, 2.75) is 19.6 Å². The van der Waals surface area contributed by atoms with E-state index in [2.05, 4.69) is 0 Å². The Labute approximate surface area is 121 Å². The summed E-state index contributed by atoms with van der Waals surface area (Å²) in [7, 11) is -3.75. The van der Waals surface area contributed by atoms with Crippen molar-refractivity contribution < 1.29 is 28.7 Å². The van der Waals surface area contributed by atoms with Gasteiger partial charge in [0.15, 0.2) is 5.75 Å². The normalized spacial score (nSPS) is 13.1. The van der Waals surface area contributed by atoms with Gasteiger partial charge in [-0.3, -0.25) is 14.7 Å². The van der Waals surface area contributed by atoms with Crippen molar-refractivity contribution in [3.8, 4) is 11.5 Å². The maximum absolute atomic E-state index is 12.5.